The summed E-state index contributed by atoms with van der Waals surface area (Å²) >= 11 is 12.5. The fraction of sp³-hybridized carbons (Fsp3) is 0.750. The molecular weight excluding hydrogens is 273 g/mol. The number of hydrogen-bond acceptors (Lipinski definition) is 3. The van der Waals surface area contributed by atoms with Gasteiger partial charge in [-0.2, -0.15) is 5.10 Å². The van der Waals surface area contributed by atoms with Crippen LogP contribution in [0.2, 0.25) is 5.02 Å². The highest BCUT2D eigenvalue weighted by atomic mass is 35.5. The highest BCUT2D eigenvalue weighted by Gasteiger charge is 2.18. The third kappa shape index (κ3) is 4.76. The van der Waals surface area contributed by atoms with Crippen molar-refractivity contribution in [2.75, 3.05) is 33.9 Å². The molecule has 1 atom stereocenters. The van der Waals surface area contributed by atoms with E-state index in [-0.39, 0.29) is 5.38 Å². The number of ether oxygens (including phenoxy) is 1. The molecule has 0 fully saturated rings. The van der Waals surface area contributed by atoms with Gasteiger partial charge in [0.2, 0.25) is 0 Å². The zero-order chi connectivity index (χ0) is 13.5. The lowest BCUT2D eigenvalue weighted by molar-refractivity contribution is 0.144. The smallest absolute Gasteiger partial charge is 0.0833 e. The highest BCUT2D eigenvalue weighted by Crippen LogP contribution is 2.30. The summed E-state index contributed by atoms with van der Waals surface area (Å²) in [5.41, 5.74) is 0.889. The molecule has 1 unspecified atom stereocenters. The van der Waals surface area contributed by atoms with Gasteiger partial charge < -0.3 is 9.64 Å². The molecule has 0 saturated carbocycles. The van der Waals surface area contributed by atoms with E-state index in [1.165, 1.54) is 0 Å². The first kappa shape index (κ1) is 15.8. The van der Waals surface area contributed by atoms with Crippen molar-refractivity contribution in [3.8, 4) is 0 Å². The normalized spacial score (nSPS) is 13.2. The maximum Gasteiger partial charge on any atom is 0.0833 e. The van der Waals surface area contributed by atoms with E-state index in [9.17, 15) is 0 Å². The van der Waals surface area contributed by atoms with Crippen molar-refractivity contribution in [2.24, 2.45) is 0 Å². The second-order valence-corrected chi connectivity index (χ2v) is 5.29. The van der Waals surface area contributed by atoms with Crippen LogP contribution in [0.4, 0.5) is 0 Å². The summed E-state index contributed by atoms with van der Waals surface area (Å²) in [4.78, 5) is 2.10. The second kappa shape index (κ2) is 8.00. The van der Waals surface area contributed by atoms with Gasteiger partial charge in [0.1, 0.15) is 0 Å². The van der Waals surface area contributed by atoms with Gasteiger partial charge >= 0.3 is 0 Å². The van der Waals surface area contributed by atoms with Crippen molar-refractivity contribution in [1.29, 1.82) is 0 Å². The summed E-state index contributed by atoms with van der Waals surface area (Å²) in [6, 6.07) is 0. The molecule has 0 aromatic carbocycles. The van der Waals surface area contributed by atoms with Gasteiger partial charge in [0.05, 0.1) is 28.8 Å². The van der Waals surface area contributed by atoms with Crippen molar-refractivity contribution in [2.45, 2.75) is 25.3 Å². The van der Waals surface area contributed by atoms with Crippen LogP contribution in [0.5, 0.6) is 0 Å². The van der Waals surface area contributed by atoms with E-state index in [2.05, 4.69) is 10.00 Å². The van der Waals surface area contributed by atoms with Crippen LogP contribution in [0.3, 0.4) is 0 Å². The SMILES string of the molecule is CCOCCC(Cl)c1c(Cl)cnn1CCN(C)C. The minimum Gasteiger partial charge on any atom is -0.382 e. The van der Waals surface area contributed by atoms with E-state index in [1.807, 2.05) is 25.7 Å². The predicted octanol–water partition coefficient (Wildman–Crippen LogP) is 2.80. The molecule has 4 nitrogen and oxygen atoms in total. The lowest BCUT2D eigenvalue weighted by Gasteiger charge is -2.15. The van der Waals surface area contributed by atoms with Crippen LogP contribution in [-0.4, -0.2) is 48.5 Å². The van der Waals surface area contributed by atoms with Crippen molar-refractivity contribution in [1.82, 2.24) is 14.7 Å². The molecule has 0 radical (unpaired) electrons. The Morgan fingerprint density at radius 1 is 1.50 bits per heavy atom. The molecule has 0 saturated heterocycles. The lowest BCUT2D eigenvalue weighted by atomic mass is 10.2. The van der Waals surface area contributed by atoms with Gasteiger partial charge in [-0.3, -0.25) is 4.68 Å². The molecule has 0 amide bonds. The molecule has 0 bridgehead atoms. The molecule has 18 heavy (non-hydrogen) atoms. The molecule has 6 heteroatoms. The average Bonchev–Trinajstić information content (AvgIpc) is 2.68. The number of likely N-dealkylation sites (N-methyl/N-ethyl adjacent to an activating group) is 1. The number of hydrogen-bond donors (Lipinski definition) is 0. The zero-order valence-corrected chi connectivity index (χ0v) is 12.7. The quantitative estimate of drug-likeness (QED) is 0.545. The molecule has 1 rings (SSSR count). The van der Waals surface area contributed by atoms with Gasteiger partial charge in [-0.15, -0.1) is 11.6 Å². The van der Waals surface area contributed by atoms with Crippen molar-refractivity contribution < 1.29 is 4.74 Å². The minimum absolute atomic E-state index is 0.159. The van der Waals surface area contributed by atoms with E-state index in [0.29, 0.717) is 18.2 Å². The van der Waals surface area contributed by atoms with E-state index in [1.54, 1.807) is 6.20 Å². The third-order valence-corrected chi connectivity index (χ3v) is 3.32. The summed E-state index contributed by atoms with van der Waals surface area (Å²) in [7, 11) is 4.05. The van der Waals surface area contributed by atoms with E-state index in [0.717, 1.165) is 25.2 Å². The zero-order valence-electron chi connectivity index (χ0n) is 11.2. The Hall–Kier alpha value is -0.290. The maximum atomic E-state index is 6.37. The number of rotatable bonds is 8. The minimum atomic E-state index is -0.159. The molecule has 0 N–H and O–H groups in total. The van der Waals surface area contributed by atoms with Gasteiger partial charge in [-0.1, -0.05) is 11.6 Å². The van der Waals surface area contributed by atoms with E-state index in [4.69, 9.17) is 27.9 Å². The molecule has 1 aromatic heterocycles. The van der Waals surface area contributed by atoms with E-state index >= 15 is 0 Å². The van der Waals surface area contributed by atoms with Gasteiger partial charge in [0.15, 0.2) is 0 Å². The summed E-state index contributed by atoms with van der Waals surface area (Å²) < 4.78 is 7.20. The highest BCUT2D eigenvalue weighted by molar-refractivity contribution is 6.32. The Kier molecular flexibility index (Phi) is 7.00. The number of nitrogens with zero attached hydrogens (tertiary/aromatic N) is 3. The number of alkyl halides is 1. The van der Waals surface area contributed by atoms with Crippen molar-refractivity contribution in [3.05, 3.63) is 16.9 Å². The Morgan fingerprint density at radius 2 is 2.22 bits per heavy atom. The number of aromatic nitrogens is 2. The first-order chi connectivity index (χ1) is 8.56. The standard InChI is InChI=1S/C12H21Cl2N3O/c1-4-18-8-5-10(13)12-11(14)9-15-17(12)7-6-16(2)3/h9-10H,4-8H2,1-3H3. The fourth-order valence-electron chi connectivity index (χ4n) is 1.62. The molecule has 0 aliphatic heterocycles. The van der Waals surface area contributed by atoms with Crippen LogP contribution < -0.4 is 0 Å². The Bertz CT molecular complexity index is 355. The summed E-state index contributed by atoms with van der Waals surface area (Å²) in [6.07, 6.45) is 2.39. The van der Waals surface area contributed by atoms with Gasteiger partial charge in [0, 0.05) is 19.8 Å². The Balaban J connectivity index is 2.64. The maximum absolute atomic E-state index is 6.37. The first-order valence-corrected chi connectivity index (χ1v) is 6.95. The Morgan fingerprint density at radius 3 is 2.83 bits per heavy atom. The second-order valence-electron chi connectivity index (χ2n) is 4.36. The molecule has 1 aromatic rings. The molecule has 104 valence electrons. The largest absolute Gasteiger partial charge is 0.382 e. The third-order valence-electron chi connectivity index (χ3n) is 2.61. The first-order valence-electron chi connectivity index (χ1n) is 6.14. The van der Waals surface area contributed by atoms with Crippen LogP contribution in [0.15, 0.2) is 6.20 Å². The van der Waals surface area contributed by atoms with Gasteiger partial charge in [-0.25, -0.2) is 0 Å². The summed E-state index contributed by atoms with van der Waals surface area (Å²) in [5, 5.41) is 4.74. The molecule has 0 aliphatic rings. The van der Waals surface area contributed by atoms with Crippen LogP contribution in [-0.2, 0) is 11.3 Å². The fourth-order valence-corrected chi connectivity index (χ4v) is 2.27. The molecule has 0 aliphatic carbocycles. The average molecular weight is 294 g/mol. The number of halogens is 2. The molecule has 1 heterocycles. The monoisotopic (exact) mass is 293 g/mol. The van der Waals surface area contributed by atoms with Gasteiger partial charge in [0.25, 0.3) is 0 Å². The van der Waals surface area contributed by atoms with Crippen LogP contribution in [0.1, 0.15) is 24.4 Å². The topological polar surface area (TPSA) is 30.3 Å². The van der Waals surface area contributed by atoms with Crippen LogP contribution >= 0.6 is 23.2 Å². The van der Waals surface area contributed by atoms with Crippen LogP contribution in [0, 0.1) is 0 Å². The summed E-state index contributed by atoms with van der Waals surface area (Å²) in [6.45, 7) is 5.00. The lowest BCUT2D eigenvalue weighted by Crippen LogP contribution is -2.20. The Labute approximate surface area is 119 Å². The van der Waals surface area contributed by atoms with Crippen molar-refractivity contribution >= 4 is 23.2 Å². The molecule has 0 spiro atoms. The van der Waals surface area contributed by atoms with Gasteiger partial charge in [-0.05, 0) is 27.4 Å². The summed E-state index contributed by atoms with van der Waals surface area (Å²) in [5.74, 6) is 0. The predicted molar refractivity (Wildman–Crippen MR) is 75.5 cm³/mol. The van der Waals surface area contributed by atoms with E-state index < -0.39 is 0 Å². The molecular formula is C12H21Cl2N3O. The van der Waals surface area contributed by atoms with Crippen molar-refractivity contribution in [3.63, 3.8) is 0 Å². The van der Waals surface area contributed by atoms with Crippen LogP contribution in [0.25, 0.3) is 0 Å².